The third kappa shape index (κ3) is 3.30. The van der Waals surface area contributed by atoms with E-state index in [0.29, 0.717) is 0 Å². The molecule has 116 valence electrons. The zero-order chi connectivity index (χ0) is 15.4. The van der Waals surface area contributed by atoms with Crippen molar-refractivity contribution in [2.75, 3.05) is 6.61 Å². The minimum atomic E-state index is -0.320. The van der Waals surface area contributed by atoms with Crippen molar-refractivity contribution in [3.05, 3.63) is 48.0 Å². The van der Waals surface area contributed by atoms with E-state index in [1.165, 1.54) is 11.8 Å². The van der Waals surface area contributed by atoms with Crippen LogP contribution in [0, 0.1) is 5.92 Å². The molecule has 2 aromatic rings. The molecule has 1 saturated carbocycles. The van der Waals surface area contributed by atoms with Gasteiger partial charge in [0.15, 0.2) is 0 Å². The summed E-state index contributed by atoms with van der Waals surface area (Å²) < 4.78 is 0. The second kappa shape index (κ2) is 6.93. The van der Waals surface area contributed by atoms with Crippen LogP contribution in [0.4, 0.5) is 0 Å². The Balaban J connectivity index is 1.75. The molecule has 3 heteroatoms. The third-order valence-electron chi connectivity index (χ3n) is 4.65. The van der Waals surface area contributed by atoms with Crippen LogP contribution in [0.5, 0.6) is 0 Å². The number of aliphatic hydroxyl groups is 1. The predicted octanol–water partition coefficient (Wildman–Crippen LogP) is 3.57. The van der Waals surface area contributed by atoms with Gasteiger partial charge in [-0.25, -0.2) is 0 Å². The molecule has 3 rings (SSSR count). The summed E-state index contributed by atoms with van der Waals surface area (Å²) in [5.74, 6) is 0.204. The predicted molar refractivity (Wildman–Crippen MR) is 88.5 cm³/mol. The molecule has 22 heavy (non-hydrogen) atoms. The van der Waals surface area contributed by atoms with Gasteiger partial charge < -0.3 is 10.4 Å². The van der Waals surface area contributed by atoms with E-state index in [2.05, 4.69) is 23.5 Å². The minimum absolute atomic E-state index is 0.0726. The fourth-order valence-electron chi connectivity index (χ4n) is 3.31. The zero-order valence-corrected chi connectivity index (χ0v) is 12.8. The number of benzene rings is 2. The van der Waals surface area contributed by atoms with Crippen molar-refractivity contribution in [1.82, 2.24) is 5.32 Å². The molecule has 0 aromatic heterocycles. The van der Waals surface area contributed by atoms with Crippen molar-refractivity contribution >= 4 is 16.7 Å². The Morgan fingerprint density at radius 2 is 1.82 bits per heavy atom. The number of hydrogen-bond donors (Lipinski definition) is 2. The van der Waals surface area contributed by atoms with Crippen molar-refractivity contribution in [1.29, 1.82) is 0 Å². The van der Waals surface area contributed by atoms with E-state index in [4.69, 9.17) is 0 Å². The number of fused-ring (bicyclic) bond motifs is 1. The number of carbonyl (C=O) groups excluding carboxylic acids is 1. The largest absolute Gasteiger partial charge is 0.394 e. The molecule has 1 unspecified atom stereocenters. The van der Waals surface area contributed by atoms with Crippen LogP contribution >= 0.6 is 0 Å². The molecule has 0 heterocycles. The maximum atomic E-state index is 12.4. The molecule has 1 aliphatic rings. The number of aliphatic hydroxyl groups excluding tert-OH is 1. The Morgan fingerprint density at radius 3 is 2.55 bits per heavy atom. The molecule has 1 fully saturated rings. The first-order chi connectivity index (χ1) is 10.8. The average Bonchev–Trinajstić information content (AvgIpc) is 2.59. The first-order valence-corrected chi connectivity index (χ1v) is 8.18. The molecule has 0 bridgehead atoms. The molecule has 1 amide bonds. The quantitative estimate of drug-likeness (QED) is 0.906. The Labute approximate surface area is 131 Å². The highest BCUT2D eigenvalue weighted by Crippen LogP contribution is 2.25. The van der Waals surface area contributed by atoms with Crippen molar-refractivity contribution in [3.8, 4) is 0 Å². The second-order valence-electron chi connectivity index (χ2n) is 6.19. The van der Waals surface area contributed by atoms with Crippen LogP contribution < -0.4 is 5.32 Å². The van der Waals surface area contributed by atoms with Gasteiger partial charge in [-0.05, 0) is 35.2 Å². The van der Waals surface area contributed by atoms with E-state index in [-0.39, 0.29) is 24.5 Å². The number of hydrogen-bond acceptors (Lipinski definition) is 2. The molecule has 0 saturated heterocycles. The summed E-state index contributed by atoms with van der Waals surface area (Å²) in [5.41, 5.74) is 0.963. The van der Waals surface area contributed by atoms with E-state index in [1.807, 2.05) is 24.3 Å². The van der Waals surface area contributed by atoms with Gasteiger partial charge in [0.25, 0.3) is 0 Å². The lowest BCUT2D eigenvalue weighted by Crippen LogP contribution is -2.36. The van der Waals surface area contributed by atoms with Crippen molar-refractivity contribution in [2.45, 2.75) is 38.1 Å². The van der Waals surface area contributed by atoms with Crippen LogP contribution in [-0.4, -0.2) is 17.6 Å². The van der Waals surface area contributed by atoms with Crippen molar-refractivity contribution in [3.63, 3.8) is 0 Å². The van der Waals surface area contributed by atoms with Crippen molar-refractivity contribution < 1.29 is 9.90 Å². The maximum absolute atomic E-state index is 12.4. The molecule has 1 aliphatic carbocycles. The summed E-state index contributed by atoms with van der Waals surface area (Å²) in [6, 6.07) is 13.9. The minimum Gasteiger partial charge on any atom is -0.394 e. The van der Waals surface area contributed by atoms with Crippen LogP contribution in [0.15, 0.2) is 42.5 Å². The molecule has 0 radical (unpaired) electrons. The van der Waals surface area contributed by atoms with Gasteiger partial charge in [0.2, 0.25) is 5.91 Å². The van der Waals surface area contributed by atoms with Gasteiger partial charge in [0.1, 0.15) is 0 Å². The van der Waals surface area contributed by atoms with E-state index in [9.17, 15) is 9.90 Å². The van der Waals surface area contributed by atoms with Gasteiger partial charge in [-0.15, -0.1) is 0 Å². The Morgan fingerprint density at radius 1 is 1.09 bits per heavy atom. The highest BCUT2D eigenvalue weighted by atomic mass is 16.3. The summed E-state index contributed by atoms with van der Waals surface area (Å²) in [7, 11) is 0. The normalized spacial score (nSPS) is 17.3. The fraction of sp³-hybridized carbons (Fsp3) is 0.421. The molecule has 0 aliphatic heterocycles. The Hall–Kier alpha value is -1.87. The Kier molecular flexibility index (Phi) is 4.74. The van der Waals surface area contributed by atoms with Gasteiger partial charge in [0, 0.05) is 5.92 Å². The van der Waals surface area contributed by atoms with Crippen LogP contribution in [0.25, 0.3) is 10.8 Å². The van der Waals surface area contributed by atoms with Crippen LogP contribution in [0.1, 0.15) is 43.7 Å². The summed E-state index contributed by atoms with van der Waals surface area (Å²) in [6.07, 6.45) is 5.46. The average molecular weight is 297 g/mol. The monoisotopic (exact) mass is 297 g/mol. The van der Waals surface area contributed by atoms with Crippen LogP contribution in [-0.2, 0) is 4.79 Å². The van der Waals surface area contributed by atoms with Gasteiger partial charge >= 0.3 is 0 Å². The smallest absolute Gasteiger partial charge is 0.223 e. The number of carbonyl (C=O) groups is 1. The first kappa shape index (κ1) is 15.0. The molecule has 1 atom stereocenters. The second-order valence-corrected chi connectivity index (χ2v) is 6.19. The number of amides is 1. The van der Waals surface area contributed by atoms with Gasteiger partial charge in [-0.2, -0.15) is 0 Å². The van der Waals surface area contributed by atoms with Gasteiger partial charge in [-0.3, -0.25) is 4.79 Å². The summed E-state index contributed by atoms with van der Waals surface area (Å²) in [4.78, 5) is 12.4. The summed E-state index contributed by atoms with van der Waals surface area (Å²) >= 11 is 0. The molecule has 2 N–H and O–H groups in total. The fourth-order valence-corrected chi connectivity index (χ4v) is 3.31. The number of nitrogens with one attached hydrogen (secondary N) is 1. The zero-order valence-electron chi connectivity index (χ0n) is 12.8. The lowest BCUT2D eigenvalue weighted by atomic mass is 9.88. The van der Waals surface area contributed by atoms with Crippen molar-refractivity contribution in [2.24, 2.45) is 5.92 Å². The van der Waals surface area contributed by atoms with E-state index in [1.54, 1.807) is 0 Å². The molecular formula is C19H23NO2. The van der Waals surface area contributed by atoms with Crippen LogP contribution in [0.3, 0.4) is 0 Å². The Bertz CT molecular complexity index is 647. The molecule has 3 nitrogen and oxygen atoms in total. The first-order valence-electron chi connectivity index (χ1n) is 8.18. The van der Waals surface area contributed by atoms with Crippen LogP contribution in [0.2, 0.25) is 0 Å². The topological polar surface area (TPSA) is 49.3 Å². The summed E-state index contributed by atoms with van der Waals surface area (Å²) in [6.45, 7) is -0.0726. The highest BCUT2D eigenvalue weighted by molar-refractivity contribution is 5.83. The van der Waals surface area contributed by atoms with Gasteiger partial charge in [0.05, 0.1) is 12.6 Å². The molecule has 0 spiro atoms. The van der Waals surface area contributed by atoms with Gasteiger partial charge in [-0.1, -0.05) is 55.7 Å². The SMILES string of the molecule is O=C(NC(CO)c1ccc2ccccc2c1)C1CCCCC1. The summed E-state index contributed by atoms with van der Waals surface area (Å²) in [5, 5.41) is 15.0. The van der Waals surface area contributed by atoms with E-state index in [0.717, 1.165) is 36.6 Å². The lowest BCUT2D eigenvalue weighted by molar-refractivity contribution is -0.127. The molecule has 2 aromatic carbocycles. The van der Waals surface area contributed by atoms with E-state index < -0.39 is 0 Å². The maximum Gasteiger partial charge on any atom is 0.223 e. The lowest BCUT2D eigenvalue weighted by Gasteiger charge is -2.24. The standard InChI is InChI=1S/C19H23NO2/c21-13-18(20-19(22)15-7-2-1-3-8-15)17-11-10-14-6-4-5-9-16(14)12-17/h4-6,9-12,15,18,21H,1-3,7-8,13H2,(H,20,22). The third-order valence-corrected chi connectivity index (χ3v) is 4.65. The van der Waals surface area contributed by atoms with E-state index >= 15 is 0 Å². The number of rotatable bonds is 4. The molecular weight excluding hydrogens is 274 g/mol. The highest BCUT2D eigenvalue weighted by Gasteiger charge is 2.23.